The van der Waals surface area contributed by atoms with Crippen LogP contribution >= 0.6 is 11.3 Å². The van der Waals surface area contributed by atoms with Crippen LogP contribution in [-0.2, 0) is 9.47 Å². The third-order valence-electron chi connectivity index (χ3n) is 5.68. The molecule has 0 saturated carbocycles. The van der Waals surface area contributed by atoms with E-state index in [1.807, 2.05) is 80.7 Å². The third-order valence-corrected chi connectivity index (χ3v) is 6.56. The van der Waals surface area contributed by atoms with Gasteiger partial charge in [0.1, 0.15) is 10.6 Å². The van der Waals surface area contributed by atoms with E-state index in [4.69, 9.17) is 14.5 Å². The molecular weight excluding hydrogens is 462 g/mol. The number of piperidine rings is 1. The van der Waals surface area contributed by atoms with Crippen LogP contribution in [0, 0.1) is 5.92 Å². The molecule has 2 amide bonds. The molecule has 0 spiro atoms. The van der Waals surface area contributed by atoms with E-state index in [1.54, 1.807) is 4.90 Å². The molecule has 1 saturated heterocycles. The van der Waals surface area contributed by atoms with Crippen LogP contribution in [0.1, 0.15) is 33.6 Å². The van der Waals surface area contributed by atoms with Gasteiger partial charge in [0.15, 0.2) is 0 Å². The Morgan fingerprint density at radius 1 is 1.06 bits per heavy atom. The van der Waals surface area contributed by atoms with Gasteiger partial charge >= 0.3 is 12.2 Å². The predicted molar refractivity (Wildman–Crippen MR) is 138 cm³/mol. The van der Waals surface area contributed by atoms with E-state index in [1.165, 1.54) is 11.3 Å². The van der Waals surface area contributed by atoms with E-state index in [2.05, 4.69) is 5.32 Å². The average molecular weight is 494 g/mol. The molecule has 8 heteroatoms. The van der Waals surface area contributed by atoms with Crippen LogP contribution in [0.15, 0.2) is 60.0 Å². The first-order valence-corrected chi connectivity index (χ1v) is 12.7. The zero-order valence-corrected chi connectivity index (χ0v) is 21.1. The minimum Gasteiger partial charge on any atom is -0.449 e. The maximum atomic E-state index is 12.6. The lowest BCUT2D eigenvalue weighted by atomic mass is 9.98. The zero-order chi connectivity index (χ0) is 24.8. The molecule has 1 N–H and O–H groups in total. The summed E-state index contributed by atoms with van der Waals surface area (Å²) in [6.45, 7) is 7.09. The van der Waals surface area contributed by atoms with Gasteiger partial charge in [-0.25, -0.2) is 14.6 Å². The van der Waals surface area contributed by atoms with Crippen LogP contribution in [0.3, 0.4) is 0 Å². The molecule has 1 aliphatic rings. The van der Waals surface area contributed by atoms with Crippen LogP contribution in [0.25, 0.3) is 21.8 Å². The molecule has 0 bridgehead atoms. The number of benzene rings is 2. The lowest BCUT2D eigenvalue weighted by molar-refractivity contribution is 0.0153. The first-order chi connectivity index (χ1) is 16.8. The summed E-state index contributed by atoms with van der Waals surface area (Å²) >= 11 is 1.53. The Kier molecular flexibility index (Phi) is 7.70. The van der Waals surface area contributed by atoms with Crippen molar-refractivity contribution in [1.29, 1.82) is 0 Å². The van der Waals surface area contributed by atoms with Gasteiger partial charge in [-0.05, 0) is 51.7 Å². The molecule has 0 atom stereocenters. The van der Waals surface area contributed by atoms with Crippen molar-refractivity contribution >= 4 is 29.2 Å². The molecule has 1 aromatic heterocycles. The van der Waals surface area contributed by atoms with Crippen LogP contribution in [-0.4, -0.2) is 47.4 Å². The highest BCUT2D eigenvalue weighted by Gasteiger charge is 2.27. The Hall–Kier alpha value is -3.39. The van der Waals surface area contributed by atoms with E-state index in [0.717, 1.165) is 34.7 Å². The van der Waals surface area contributed by atoms with Gasteiger partial charge in [-0.15, -0.1) is 11.3 Å². The number of hydrogen-bond acceptors (Lipinski definition) is 6. The van der Waals surface area contributed by atoms with Gasteiger partial charge < -0.3 is 14.4 Å². The zero-order valence-electron chi connectivity index (χ0n) is 20.3. The van der Waals surface area contributed by atoms with E-state index >= 15 is 0 Å². The first kappa shape index (κ1) is 24.7. The summed E-state index contributed by atoms with van der Waals surface area (Å²) in [5.74, 6) is 0.210. The minimum atomic E-state index is -0.507. The van der Waals surface area contributed by atoms with Crippen molar-refractivity contribution in [2.45, 2.75) is 39.2 Å². The molecule has 7 nitrogen and oxygen atoms in total. The van der Waals surface area contributed by atoms with Crippen molar-refractivity contribution in [3.63, 3.8) is 0 Å². The number of nitrogens with one attached hydrogen (secondary N) is 1. The van der Waals surface area contributed by atoms with Crippen molar-refractivity contribution in [2.75, 3.05) is 25.0 Å². The number of aromatic nitrogens is 1. The first-order valence-electron chi connectivity index (χ1n) is 11.8. The maximum Gasteiger partial charge on any atom is 0.411 e. The van der Waals surface area contributed by atoms with Gasteiger partial charge in [0.2, 0.25) is 0 Å². The number of para-hydroxylation sites is 1. The highest BCUT2D eigenvalue weighted by Crippen LogP contribution is 2.33. The number of hydrogen-bond donors (Lipinski definition) is 1. The Bertz CT molecular complexity index is 1150. The summed E-state index contributed by atoms with van der Waals surface area (Å²) in [5.41, 5.74) is 2.96. The number of thiazole rings is 1. The number of ether oxygens (including phenoxy) is 2. The van der Waals surface area contributed by atoms with Gasteiger partial charge in [-0.1, -0.05) is 42.5 Å². The summed E-state index contributed by atoms with van der Waals surface area (Å²) in [5, 5.41) is 5.72. The van der Waals surface area contributed by atoms with E-state index in [9.17, 15) is 9.59 Å². The van der Waals surface area contributed by atoms with E-state index in [0.29, 0.717) is 25.4 Å². The highest BCUT2D eigenvalue weighted by molar-refractivity contribution is 7.13. The van der Waals surface area contributed by atoms with E-state index in [-0.39, 0.29) is 12.0 Å². The molecule has 1 aliphatic heterocycles. The normalized spacial score (nSPS) is 14.4. The second kappa shape index (κ2) is 10.9. The van der Waals surface area contributed by atoms with Gasteiger partial charge in [-0.2, -0.15) is 0 Å². The molecule has 4 rings (SSSR count). The maximum absolute atomic E-state index is 12.6. The van der Waals surface area contributed by atoms with Crippen LogP contribution < -0.4 is 5.32 Å². The number of likely N-dealkylation sites (tertiary alicyclic amines) is 1. The topological polar surface area (TPSA) is 80.8 Å². The molecule has 0 radical (unpaired) electrons. The van der Waals surface area contributed by atoms with Gasteiger partial charge in [-0.3, -0.25) is 5.32 Å². The lowest BCUT2D eigenvalue weighted by Gasteiger charge is -2.33. The number of carbonyl (C=O) groups excluding carboxylic acids is 2. The summed E-state index contributed by atoms with van der Waals surface area (Å²) in [6, 6.07) is 17.6. The average Bonchev–Trinajstić information content (AvgIpc) is 3.33. The van der Waals surface area contributed by atoms with Crippen molar-refractivity contribution in [3.8, 4) is 21.8 Å². The van der Waals surface area contributed by atoms with Crippen LogP contribution in [0.5, 0.6) is 0 Å². The van der Waals surface area contributed by atoms with Crippen molar-refractivity contribution in [3.05, 3.63) is 60.0 Å². The number of carbonyl (C=O) groups is 2. The Labute approximate surface area is 210 Å². The molecular formula is C27H31N3O4S. The molecule has 184 valence electrons. The number of nitrogens with zero attached hydrogens (tertiary/aromatic N) is 2. The van der Waals surface area contributed by atoms with Crippen LogP contribution in [0.2, 0.25) is 0 Å². The molecule has 0 aliphatic carbocycles. The van der Waals surface area contributed by atoms with Crippen molar-refractivity contribution in [1.82, 2.24) is 9.88 Å². The molecule has 3 aromatic rings. The van der Waals surface area contributed by atoms with Crippen molar-refractivity contribution in [2.24, 2.45) is 5.92 Å². The predicted octanol–water partition coefficient (Wildman–Crippen LogP) is 6.67. The molecule has 2 aromatic carbocycles. The summed E-state index contributed by atoms with van der Waals surface area (Å²) in [4.78, 5) is 31.3. The van der Waals surface area contributed by atoms with Gasteiger partial charge in [0.25, 0.3) is 0 Å². The van der Waals surface area contributed by atoms with E-state index < -0.39 is 11.7 Å². The second-order valence-corrected chi connectivity index (χ2v) is 10.4. The fourth-order valence-corrected chi connectivity index (χ4v) is 4.73. The van der Waals surface area contributed by atoms with Gasteiger partial charge in [0.05, 0.1) is 18.0 Å². The monoisotopic (exact) mass is 493 g/mol. The molecule has 1 fully saturated rings. The standard InChI is InChI=1S/C27H31N3O4S/c1-27(2,3)34-26(32)30-15-13-19(14-16-30)17-33-25(31)29-22-12-8-7-11-21(22)24-28-23(18-35-24)20-9-5-4-6-10-20/h4-12,18-19H,13-17H2,1-3H3,(H,29,31). The smallest absolute Gasteiger partial charge is 0.411 e. The fraction of sp³-hybridized carbons (Fsp3) is 0.370. The Morgan fingerprint density at radius 3 is 2.46 bits per heavy atom. The Balaban J connectivity index is 1.30. The summed E-state index contributed by atoms with van der Waals surface area (Å²) in [6.07, 6.45) is 0.755. The number of rotatable bonds is 5. The minimum absolute atomic E-state index is 0.210. The summed E-state index contributed by atoms with van der Waals surface area (Å²) in [7, 11) is 0. The third kappa shape index (κ3) is 6.82. The largest absolute Gasteiger partial charge is 0.449 e. The van der Waals surface area contributed by atoms with Crippen LogP contribution in [0.4, 0.5) is 15.3 Å². The number of amides is 2. The summed E-state index contributed by atoms with van der Waals surface area (Å²) < 4.78 is 11.0. The Morgan fingerprint density at radius 2 is 1.74 bits per heavy atom. The molecule has 2 heterocycles. The fourth-order valence-electron chi connectivity index (χ4n) is 3.87. The quantitative estimate of drug-likeness (QED) is 0.429. The SMILES string of the molecule is CC(C)(C)OC(=O)N1CCC(COC(=O)Nc2ccccc2-c2nc(-c3ccccc3)cs2)CC1. The number of anilines is 1. The molecule has 35 heavy (non-hydrogen) atoms. The molecule has 0 unspecified atom stereocenters. The lowest BCUT2D eigenvalue weighted by Crippen LogP contribution is -2.42. The second-order valence-electron chi connectivity index (χ2n) is 9.58. The van der Waals surface area contributed by atoms with Crippen molar-refractivity contribution < 1.29 is 19.1 Å². The highest BCUT2D eigenvalue weighted by atomic mass is 32.1. The van der Waals surface area contributed by atoms with Gasteiger partial charge in [0, 0.05) is 29.6 Å².